The van der Waals surface area contributed by atoms with Crippen molar-refractivity contribution in [2.24, 2.45) is 0 Å². The molecule has 142 valence electrons. The van der Waals surface area contributed by atoms with Gasteiger partial charge < -0.3 is 14.6 Å². The number of nitrogens with one attached hydrogen (secondary N) is 1. The Kier molecular flexibility index (Phi) is 6.08. The first-order valence-corrected chi connectivity index (χ1v) is 9.86. The predicted octanol–water partition coefficient (Wildman–Crippen LogP) is 4.40. The number of hydrogen-bond donors (Lipinski definition) is 1. The van der Waals surface area contributed by atoms with Crippen LogP contribution in [0.15, 0.2) is 40.8 Å². The van der Waals surface area contributed by atoms with E-state index in [2.05, 4.69) is 41.3 Å². The summed E-state index contributed by atoms with van der Waals surface area (Å²) in [5.74, 6) is 1.43. The highest BCUT2D eigenvalue weighted by atomic mass is 32.1. The monoisotopic (exact) mass is 383 g/mol. The number of amides is 1. The molecule has 2 aromatic heterocycles. The van der Waals surface area contributed by atoms with E-state index in [-0.39, 0.29) is 5.91 Å². The summed E-state index contributed by atoms with van der Waals surface area (Å²) in [6, 6.07) is 12.1. The van der Waals surface area contributed by atoms with E-state index in [9.17, 15) is 4.79 Å². The lowest BCUT2D eigenvalue weighted by Gasteiger charge is -2.14. The van der Waals surface area contributed by atoms with Gasteiger partial charge in [0.1, 0.15) is 10.6 Å². The SMILES string of the molecule is CCN(C)Cc1cccc(CNC(=O)c2sc(-c3ccc(C)o3)nc2C)c1. The van der Waals surface area contributed by atoms with E-state index in [1.807, 2.05) is 38.1 Å². The summed E-state index contributed by atoms with van der Waals surface area (Å²) in [4.78, 5) is 20.0. The maximum absolute atomic E-state index is 12.6. The Bertz CT molecular complexity index is 929. The molecule has 0 aliphatic heterocycles. The topological polar surface area (TPSA) is 58.4 Å². The molecule has 1 amide bonds. The van der Waals surface area contributed by atoms with E-state index in [0.717, 1.165) is 35.1 Å². The van der Waals surface area contributed by atoms with Gasteiger partial charge >= 0.3 is 0 Å². The lowest BCUT2D eigenvalue weighted by Crippen LogP contribution is -2.23. The maximum Gasteiger partial charge on any atom is 0.263 e. The fraction of sp³-hybridized carbons (Fsp3) is 0.333. The zero-order chi connectivity index (χ0) is 19.4. The van der Waals surface area contributed by atoms with Crippen LogP contribution in [0.4, 0.5) is 0 Å². The molecular formula is C21H25N3O2S. The van der Waals surface area contributed by atoms with Gasteiger partial charge in [-0.3, -0.25) is 4.79 Å². The lowest BCUT2D eigenvalue weighted by molar-refractivity contribution is 0.0954. The Morgan fingerprint density at radius 2 is 2.00 bits per heavy atom. The highest BCUT2D eigenvalue weighted by Gasteiger charge is 2.17. The van der Waals surface area contributed by atoms with Crippen molar-refractivity contribution in [3.63, 3.8) is 0 Å². The summed E-state index contributed by atoms with van der Waals surface area (Å²) < 4.78 is 5.61. The Balaban J connectivity index is 1.66. The largest absolute Gasteiger partial charge is 0.459 e. The number of aryl methyl sites for hydroxylation is 2. The third-order valence-electron chi connectivity index (χ3n) is 4.39. The summed E-state index contributed by atoms with van der Waals surface area (Å²) in [7, 11) is 2.10. The van der Waals surface area contributed by atoms with Crippen molar-refractivity contribution in [1.82, 2.24) is 15.2 Å². The van der Waals surface area contributed by atoms with Gasteiger partial charge in [0.15, 0.2) is 10.8 Å². The van der Waals surface area contributed by atoms with Gasteiger partial charge in [-0.15, -0.1) is 11.3 Å². The Morgan fingerprint density at radius 1 is 1.22 bits per heavy atom. The summed E-state index contributed by atoms with van der Waals surface area (Å²) in [6.45, 7) is 8.28. The van der Waals surface area contributed by atoms with Crippen molar-refractivity contribution >= 4 is 17.2 Å². The summed E-state index contributed by atoms with van der Waals surface area (Å²) in [5, 5.41) is 3.74. The first-order valence-electron chi connectivity index (χ1n) is 9.05. The number of benzene rings is 1. The van der Waals surface area contributed by atoms with Crippen molar-refractivity contribution in [2.75, 3.05) is 13.6 Å². The predicted molar refractivity (Wildman–Crippen MR) is 109 cm³/mol. The number of thiazole rings is 1. The number of rotatable bonds is 7. The van der Waals surface area contributed by atoms with Gasteiger partial charge in [-0.1, -0.05) is 31.2 Å². The Hall–Kier alpha value is -2.44. The van der Waals surface area contributed by atoms with Crippen LogP contribution in [0.2, 0.25) is 0 Å². The molecule has 3 aromatic rings. The highest BCUT2D eigenvalue weighted by molar-refractivity contribution is 7.17. The normalized spacial score (nSPS) is 11.1. The van der Waals surface area contributed by atoms with Crippen LogP contribution in [-0.2, 0) is 13.1 Å². The van der Waals surface area contributed by atoms with Crippen LogP contribution in [-0.4, -0.2) is 29.4 Å². The van der Waals surface area contributed by atoms with Gasteiger partial charge in [0.05, 0.1) is 5.69 Å². The van der Waals surface area contributed by atoms with Crippen LogP contribution in [0.1, 0.15) is 39.2 Å². The van der Waals surface area contributed by atoms with Gasteiger partial charge in [-0.25, -0.2) is 4.98 Å². The zero-order valence-corrected chi connectivity index (χ0v) is 17.0. The van der Waals surface area contributed by atoms with Crippen LogP contribution < -0.4 is 5.32 Å². The molecule has 2 heterocycles. The van der Waals surface area contributed by atoms with Crippen molar-refractivity contribution in [3.05, 3.63) is 63.9 Å². The minimum atomic E-state index is -0.101. The molecule has 0 fully saturated rings. The van der Waals surface area contributed by atoms with Gasteiger partial charge in [0, 0.05) is 13.1 Å². The number of carbonyl (C=O) groups excluding carboxylic acids is 1. The van der Waals surface area contributed by atoms with E-state index >= 15 is 0 Å². The minimum Gasteiger partial charge on any atom is -0.459 e. The average molecular weight is 384 g/mol. The number of furan rings is 1. The molecule has 0 aliphatic carbocycles. The van der Waals surface area contributed by atoms with Gasteiger partial charge in [0.2, 0.25) is 0 Å². The molecular weight excluding hydrogens is 358 g/mol. The molecule has 0 atom stereocenters. The molecule has 0 radical (unpaired) electrons. The second kappa shape index (κ2) is 8.50. The molecule has 0 spiro atoms. The summed E-state index contributed by atoms with van der Waals surface area (Å²) >= 11 is 1.36. The highest BCUT2D eigenvalue weighted by Crippen LogP contribution is 2.29. The van der Waals surface area contributed by atoms with Crippen molar-refractivity contribution in [3.8, 4) is 10.8 Å². The van der Waals surface area contributed by atoms with E-state index in [1.54, 1.807) is 0 Å². The third kappa shape index (κ3) is 4.84. The molecule has 1 aromatic carbocycles. The van der Waals surface area contributed by atoms with Crippen molar-refractivity contribution in [1.29, 1.82) is 0 Å². The molecule has 0 unspecified atom stereocenters. The lowest BCUT2D eigenvalue weighted by atomic mass is 10.1. The molecule has 1 N–H and O–H groups in total. The second-order valence-corrected chi connectivity index (χ2v) is 7.68. The quantitative estimate of drug-likeness (QED) is 0.657. The first kappa shape index (κ1) is 19.3. The molecule has 5 nitrogen and oxygen atoms in total. The van der Waals surface area contributed by atoms with Crippen LogP contribution in [0.3, 0.4) is 0 Å². The van der Waals surface area contributed by atoms with E-state index in [1.165, 1.54) is 16.9 Å². The standard InChI is InChI=1S/C21H25N3O2S/c1-5-24(4)13-17-8-6-7-16(11-17)12-22-20(25)19-15(3)23-21(27-19)18-10-9-14(2)26-18/h6-11H,5,12-13H2,1-4H3,(H,22,25). The summed E-state index contributed by atoms with van der Waals surface area (Å²) in [5.41, 5.74) is 3.06. The zero-order valence-electron chi connectivity index (χ0n) is 16.2. The molecule has 0 bridgehead atoms. The molecule has 0 saturated carbocycles. The van der Waals surface area contributed by atoms with E-state index in [0.29, 0.717) is 17.2 Å². The number of aromatic nitrogens is 1. The van der Waals surface area contributed by atoms with Crippen molar-refractivity contribution in [2.45, 2.75) is 33.9 Å². The van der Waals surface area contributed by atoms with Crippen LogP contribution in [0.5, 0.6) is 0 Å². The van der Waals surface area contributed by atoms with E-state index in [4.69, 9.17) is 4.42 Å². The van der Waals surface area contributed by atoms with Gasteiger partial charge in [0.25, 0.3) is 5.91 Å². The third-order valence-corrected chi connectivity index (χ3v) is 5.56. The Labute approximate surface area is 164 Å². The van der Waals surface area contributed by atoms with Gasteiger partial charge in [-0.2, -0.15) is 0 Å². The number of nitrogens with zero attached hydrogens (tertiary/aromatic N) is 2. The number of hydrogen-bond acceptors (Lipinski definition) is 5. The van der Waals surface area contributed by atoms with Crippen LogP contribution >= 0.6 is 11.3 Å². The van der Waals surface area contributed by atoms with Crippen LogP contribution in [0.25, 0.3) is 10.8 Å². The minimum absolute atomic E-state index is 0.101. The first-order chi connectivity index (χ1) is 13.0. The van der Waals surface area contributed by atoms with Crippen molar-refractivity contribution < 1.29 is 9.21 Å². The number of carbonyl (C=O) groups is 1. The second-order valence-electron chi connectivity index (χ2n) is 6.68. The molecule has 3 rings (SSSR count). The van der Waals surface area contributed by atoms with Gasteiger partial charge in [-0.05, 0) is 50.7 Å². The molecule has 6 heteroatoms. The smallest absolute Gasteiger partial charge is 0.263 e. The Morgan fingerprint density at radius 3 is 2.70 bits per heavy atom. The molecule has 0 aliphatic rings. The summed E-state index contributed by atoms with van der Waals surface area (Å²) in [6.07, 6.45) is 0. The van der Waals surface area contributed by atoms with Crippen LogP contribution in [0, 0.1) is 13.8 Å². The molecule has 27 heavy (non-hydrogen) atoms. The molecule has 0 saturated heterocycles. The fourth-order valence-electron chi connectivity index (χ4n) is 2.79. The fourth-order valence-corrected chi connectivity index (χ4v) is 3.73. The average Bonchev–Trinajstić information content (AvgIpc) is 3.25. The maximum atomic E-state index is 12.6. The van der Waals surface area contributed by atoms with E-state index < -0.39 is 0 Å².